The van der Waals surface area contributed by atoms with Crippen molar-refractivity contribution < 1.29 is 9.53 Å². The van der Waals surface area contributed by atoms with Gasteiger partial charge in [0.1, 0.15) is 0 Å². The Labute approximate surface area is 124 Å². The standard InChI is InChI=1S/C17H18O2S/c1-3-17(18)19-12(2)8-10-15-14-7-5-4-6-13(14)9-11-16(15)20/h3-7,9,11-12,20H,1,8,10H2,2H3. The second kappa shape index (κ2) is 6.62. The molecule has 2 aromatic rings. The SMILES string of the molecule is C=CC(=O)OC(C)CCc1c(S)ccc2ccccc12. The van der Waals surface area contributed by atoms with Gasteiger partial charge in [0.05, 0.1) is 6.10 Å². The van der Waals surface area contributed by atoms with Crippen LogP contribution in [0.4, 0.5) is 0 Å². The van der Waals surface area contributed by atoms with E-state index in [1.54, 1.807) is 0 Å². The van der Waals surface area contributed by atoms with Gasteiger partial charge in [0.15, 0.2) is 0 Å². The lowest BCUT2D eigenvalue weighted by molar-refractivity contribution is -0.142. The number of aryl methyl sites for hydroxylation is 1. The summed E-state index contributed by atoms with van der Waals surface area (Å²) in [4.78, 5) is 12.1. The molecule has 0 N–H and O–H groups in total. The zero-order valence-corrected chi connectivity index (χ0v) is 12.4. The van der Waals surface area contributed by atoms with Gasteiger partial charge in [-0.3, -0.25) is 0 Å². The Balaban J connectivity index is 2.15. The summed E-state index contributed by atoms with van der Waals surface area (Å²) in [6, 6.07) is 12.3. The Hall–Kier alpha value is -1.74. The molecule has 0 saturated heterocycles. The van der Waals surface area contributed by atoms with Crippen molar-refractivity contribution >= 4 is 29.4 Å². The molecule has 2 nitrogen and oxygen atoms in total. The van der Waals surface area contributed by atoms with Crippen LogP contribution in [0.25, 0.3) is 10.8 Å². The van der Waals surface area contributed by atoms with Gasteiger partial charge in [0.2, 0.25) is 0 Å². The summed E-state index contributed by atoms with van der Waals surface area (Å²) in [5, 5.41) is 2.42. The summed E-state index contributed by atoms with van der Waals surface area (Å²) >= 11 is 4.54. The van der Waals surface area contributed by atoms with E-state index in [0.717, 1.165) is 17.7 Å². The Kier molecular flexibility index (Phi) is 4.85. The van der Waals surface area contributed by atoms with E-state index < -0.39 is 0 Å². The highest BCUT2D eigenvalue weighted by molar-refractivity contribution is 7.80. The molecule has 0 fully saturated rings. The number of esters is 1. The predicted molar refractivity (Wildman–Crippen MR) is 85.3 cm³/mol. The molecule has 0 aliphatic heterocycles. The molecule has 1 unspecified atom stereocenters. The molecular formula is C17H18O2S. The van der Waals surface area contributed by atoms with E-state index in [1.165, 1.54) is 22.4 Å². The third-order valence-corrected chi connectivity index (χ3v) is 3.72. The van der Waals surface area contributed by atoms with Gasteiger partial charge in [-0.2, -0.15) is 0 Å². The van der Waals surface area contributed by atoms with Crippen molar-refractivity contribution in [3.8, 4) is 0 Å². The van der Waals surface area contributed by atoms with Gasteiger partial charge >= 0.3 is 5.97 Å². The molecule has 0 bridgehead atoms. The molecule has 1 atom stereocenters. The van der Waals surface area contributed by atoms with E-state index in [4.69, 9.17) is 4.74 Å². The molecule has 0 radical (unpaired) electrons. The fourth-order valence-corrected chi connectivity index (χ4v) is 2.55. The van der Waals surface area contributed by atoms with Gasteiger partial charge in [-0.25, -0.2) is 4.79 Å². The first kappa shape index (κ1) is 14.7. The first-order valence-corrected chi connectivity index (χ1v) is 7.09. The molecule has 0 aliphatic carbocycles. The largest absolute Gasteiger partial charge is 0.460 e. The average molecular weight is 286 g/mol. The van der Waals surface area contributed by atoms with Crippen LogP contribution in [-0.2, 0) is 16.0 Å². The maximum Gasteiger partial charge on any atom is 0.330 e. The normalized spacial score (nSPS) is 12.1. The van der Waals surface area contributed by atoms with Crippen LogP contribution < -0.4 is 0 Å². The van der Waals surface area contributed by atoms with Gasteiger partial charge < -0.3 is 4.74 Å². The lowest BCUT2D eigenvalue weighted by Crippen LogP contribution is -2.13. The van der Waals surface area contributed by atoms with Crippen LogP contribution in [0.2, 0.25) is 0 Å². The summed E-state index contributed by atoms with van der Waals surface area (Å²) in [6.45, 7) is 5.29. The summed E-state index contributed by atoms with van der Waals surface area (Å²) in [5.41, 5.74) is 1.20. The van der Waals surface area contributed by atoms with Crippen LogP contribution in [0.1, 0.15) is 18.9 Å². The third kappa shape index (κ3) is 3.42. The first-order valence-electron chi connectivity index (χ1n) is 6.64. The van der Waals surface area contributed by atoms with Gasteiger partial charge in [-0.05, 0) is 42.2 Å². The van der Waals surface area contributed by atoms with Crippen LogP contribution in [-0.4, -0.2) is 12.1 Å². The van der Waals surface area contributed by atoms with Crippen molar-refractivity contribution in [1.29, 1.82) is 0 Å². The van der Waals surface area contributed by atoms with E-state index >= 15 is 0 Å². The van der Waals surface area contributed by atoms with Crippen LogP contribution in [0.5, 0.6) is 0 Å². The minimum Gasteiger partial charge on any atom is -0.460 e. The molecule has 0 aromatic heterocycles. The van der Waals surface area contributed by atoms with Crippen LogP contribution >= 0.6 is 12.6 Å². The van der Waals surface area contributed by atoms with Crippen molar-refractivity contribution in [3.05, 3.63) is 54.6 Å². The Morgan fingerprint density at radius 1 is 1.35 bits per heavy atom. The molecule has 2 aromatic carbocycles. The number of thiol groups is 1. The predicted octanol–water partition coefficient (Wildman–Crippen LogP) is 4.18. The molecule has 0 aliphatic rings. The van der Waals surface area contributed by atoms with Crippen LogP contribution in [0.3, 0.4) is 0 Å². The zero-order chi connectivity index (χ0) is 14.5. The molecule has 2 rings (SSSR count). The van der Waals surface area contributed by atoms with Gasteiger partial charge in [0.25, 0.3) is 0 Å². The third-order valence-electron chi connectivity index (χ3n) is 3.30. The molecule has 0 amide bonds. The topological polar surface area (TPSA) is 26.3 Å². The molecule has 0 heterocycles. The van der Waals surface area contributed by atoms with Crippen LogP contribution in [0.15, 0.2) is 53.9 Å². The average Bonchev–Trinajstić information content (AvgIpc) is 2.46. The van der Waals surface area contributed by atoms with Crippen molar-refractivity contribution in [2.75, 3.05) is 0 Å². The quantitative estimate of drug-likeness (QED) is 0.507. The van der Waals surface area contributed by atoms with E-state index in [9.17, 15) is 4.79 Å². The Morgan fingerprint density at radius 3 is 2.85 bits per heavy atom. The monoisotopic (exact) mass is 286 g/mol. The smallest absolute Gasteiger partial charge is 0.330 e. The fourth-order valence-electron chi connectivity index (χ4n) is 2.24. The number of benzene rings is 2. The lowest BCUT2D eigenvalue weighted by Gasteiger charge is -2.14. The maximum atomic E-state index is 11.2. The number of ether oxygens (including phenoxy) is 1. The van der Waals surface area contributed by atoms with E-state index in [1.807, 2.05) is 25.1 Å². The lowest BCUT2D eigenvalue weighted by atomic mass is 9.99. The first-order chi connectivity index (χ1) is 9.61. The van der Waals surface area contributed by atoms with E-state index in [-0.39, 0.29) is 12.1 Å². The van der Waals surface area contributed by atoms with Gasteiger partial charge in [-0.15, -0.1) is 12.6 Å². The second-order valence-corrected chi connectivity index (χ2v) is 5.26. The minimum atomic E-state index is -0.374. The second-order valence-electron chi connectivity index (χ2n) is 4.77. The zero-order valence-electron chi connectivity index (χ0n) is 11.5. The summed E-state index contributed by atoms with van der Waals surface area (Å²) in [7, 11) is 0. The minimum absolute atomic E-state index is 0.132. The van der Waals surface area contributed by atoms with Crippen molar-refractivity contribution in [2.24, 2.45) is 0 Å². The highest BCUT2D eigenvalue weighted by atomic mass is 32.1. The number of rotatable bonds is 5. The molecular weight excluding hydrogens is 268 g/mol. The fraction of sp³-hybridized carbons (Fsp3) is 0.235. The Morgan fingerprint density at radius 2 is 2.10 bits per heavy atom. The molecule has 3 heteroatoms. The van der Waals surface area contributed by atoms with E-state index in [0.29, 0.717) is 0 Å². The Bertz CT molecular complexity index is 634. The number of carbonyl (C=O) groups is 1. The van der Waals surface area contributed by atoms with Gasteiger partial charge in [-0.1, -0.05) is 36.9 Å². The maximum absolute atomic E-state index is 11.2. The van der Waals surface area contributed by atoms with Crippen molar-refractivity contribution in [1.82, 2.24) is 0 Å². The van der Waals surface area contributed by atoms with E-state index in [2.05, 4.69) is 37.4 Å². The van der Waals surface area contributed by atoms with Crippen LogP contribution in [0, 0.1) is 0 Å². The van der Waals surface area contributed by atoms with Crippen molar-refractivity contribution in [2.45, 2.75) is 30.8 Å². The van der Waals surface area contributed by atoms with Gasteiger partial charge in [0, 0.05) is 11.0 Å². The summed E-state index contributed by atoms with van der Waals surface area (Å²) < 4.78 is 5.19. The number of hydrogen-bond donors (Lipinski definition) is 1. The molecule has 20 heavy (non-hydrogen) atoms. The number of hydrogen-bond acceptors (Lipinski definition) is 3. The number of carbonyl (C=O) groups excluding carboxylic acids is 1. The number of fused-ring (bicyclic) bond motifs is 1. The highest BCUT2D eigenvalue weighted by Crippen LogP contribution is 2.26. The highest BCUT2D eigenvalue weighted by Gasteiger charge is 2.10. The molecule has 0 saturated carbocycles. The summed E-state index contributed by atoms with van der Waals surface area (Å²) in [6.07, 6.45) is 2.65. The molecule has 0 spiro atoms. The summed E-state index contributed by atoms with van der Waals surface area (Å²) in [5.74, 6) is -0.374. The molecule has 104 valence electrons. The van der Waals surface area contributed by atoms with Crippen molar-refractivity contribution in [3.63, 3.8) is 0 Å².